The molecule has 0 radical (unpaired) electrons. The standard InChI is InChI=1S/C13H24FNO/c1-13(14)8-6-11(7-9-13)15-10-2-4-12(16)5-3-10/h10-12,15-16H,2-9H2,1H3. The summed E-state index contributed by atoms with van der Waals surface area (Å²) < 4.78 is 13.6. The smallest absolute Gasteiger partial charge is 0.108 e. The third kappa shape index (κ3) is 3.42. The van der Waals surface area contributed by atoms with Gasteiger partial charge in [0.25, 0.3) is 0 Å². The number of nitrogens with one attached hydrogen (secondary N) is 1. The highest BCUT2D eigenvalue weighted by Crippen LogP contribution is 2.32. The molecule has 2 fully saturated rings. The monoisotopic (exact) mass is 229 g/mol. The first kappa shape index (κ1) is 12.3. The topological polar surface area (TPSA) is 32.3 Å². The molecule has 0 atom stereocenters. The van der Waals surface area contributed by atoms with Crippen molar-refractivity contribution in [2.24, 2.45) is 0 Å². The number of hydrogen-bond acceptors (Lipinski definition) is 2. The molecule has 2 rings (SSSR count). The largest absolute Gasteiger partial charge is 0.393 e. The number of halogens is 1. The fourth-order valence-corrected chi connectivity index (χ4v) is 2.96. The molecule has 2 aliphatic carbocycles. The van der Waals surface area contributed by atoms with Crippen molar-refractivity contribution in [2.75, 3.05) is 0 Å². The Labute approximate surface area is 97.6 Å². The van der Waals surface area contributed by atoms with Crippen molar-refractivity contribution >= 4 is 0 Å². The van der Waals surface area contributed by atoms with Crippen molar-refractivity contribution in [3.8, 4) is 0 Å². The minimum atomic E-state index is -0.930. The molecule has 16 heavy (non-hydrogen) atoms. The Balaban J connectivity index is 1.71. The zero-order chi connectivity index (χ0) is 11.6. The normalized spacial score (nSPS) is 45.6. The Morgan fingerprint density at radius 3 is 2.06 bits per heavy atom. The fourth-order valence-electron chi connectivity index (χ4n) is 2.96. The van der Waals surface area contributed by atoms with Gasteiger partial charge in [-0.1, -0.05) is 0 Å². The lowest BCUT2D eigenvalue weighted by Crippen LogP contribution is -2.44. The molecule has 0 aromatic rings. The number of hydrogen-bond donors (Lipinski definition) is 2. The predicted molar refractivity (Wildman–Crippen MR) is 63.2 cm³/mol. The lowest BCUT2D eigenvalue weighted by molar-refractivity contribution is 0.0927. The molecule has 0 unspecified atom stereocenters. The first-order valence-corrected chi connectivity index (χ1v) is 6.68. The number of aliphatic hydroxyl groups is 1. The van der Waals surface area contributed by atoms with Crippen LogP contribution >= 0.6 is 0 Å². The third-order valence-corrected chi connectivity index (χ3v) is 4.20. The van der Waals surface area contributed by atoms with E-state index in [4.69, 9.17) is 0 Å². The molecule has 0 bridgehead atoms. The van der Waals surface area contributed by atoms with Crippen LogP contribution in [-0.4, -0.2) is 29.0 Å². The number of aliphatic hydroxyl groups excluding tert-OH is 1. The minimum absolute atomic E-state index is 0.0847. The molecule has 0 spiro atoms. The van der Waals surface area contributed by atoms with Gasteiger partial charge < -0.3 is 10.4 Å². The Kier molecular flexibility index (Phi) is 3.85. The summed E-state index contributed by atoms with van der Waals surface area (Å²) in [6.07, 6.45) is 7.22. The van der Waals surface area contributed by atoms with E-state index >= 15 is 0 Å². The van der Waals surface area contributed by atoms with E-state index in [2.05, 4.69) is 5.32 Å². The first-order valence-electron chi connectivity index (χ1n) is 6.68. The van der Waals surface area contributed by atoms with E-state index in [0.717, 1.165) is 38.5 Å². The lowest BCUT2D eigenvalue weighted by atomic mass is 9.83. The summed E-state index contributed by atoms with van der Waals surface area (Å²) in [7, 11) is 0. The van der Waals surface area contributed by atoms with Crippen molar-refractivity contribution in [3.63, 3.8) is 0 Å². The van der Waals surface area contributed by atoms with Crippen molar-refractivity contribution < 1.29 is 9.50 Å². The molecule has 0 aliphatic heterocycles. The van der Waals surface area contributed by atoms with Gasteiger partial charge in [-0.3, -0.25) is 0 Å². The molecule has 2 nitrogen and oxygen atoms in total. The van der Waals surface area contributed by atoms with Crippen LogP contribution in [0.2, 0.25) is 0 Å². The van der Waals surface area contributed by atoms with Crippen molar-refractivity contribution in [3.05, 3.63) is 0 Å². The highest BCUT2D eigenvalue weighted by Gasteiger charge is 2.31. The molecule has 0 amide bonds. The van der Waals surface area contributed by atoms with Crippen LogP contribution in [0.15, 0.2) is 0 Å². The maximum Gasteiger partial charge on any atom is 0.108 e. The summed E-state index contributed by atoms with van der Waals surface area (Å²) in [6, 6.07) is 1.06. The second kappa shape index (κ2) is 5.01. The van der Waals surface area contributed by atoms with Gasteiger partial charge >= 0.3 is 0 Å². The molecule has 0 saturated heterocycles. The molecular weight excluding hydrogens is 205 g/mol. The van der Waals surface area contributed by atoms with Gasteiger partial charge in [0.2, 0.25) is 0 Å². The van der Waals surface area contributed by atoms with Crippen LogP contribution < -0.4 is 5.32 Å². The summed E-state index contributed by atoms with van der Waals surface area (Å²) in [5.41, 5.74) is -0.930. The maximum absolute atomic E-state index is 13.6. The number of alkyl halides is 1. The molecule has 0 heterocycles. The SMILES string of the molecule is CC1(F)CCC(NC2CCC(O)CC2)CC1. The Morgan fingerprint density at radius 1 is 1.00 bits per heavy atom. The van der Waals surface area contributed by atoms with Gasteiger partial charge in [-0.25, -0.2) is 4.39 Å². The molecule has 2 aliphatic rings. The highest BCUT2D eigenvalue weighted by molar-refractivity contribution is 4.88. The number of rotatable bonds is 2. The Bertz CT molecular complexity index is 214. The van der Waals surface area contributed by atoms with E-state index in [1.54, 1.807) is 6.92 Å². The minimum Gasteiger partial charge on any atom is -0.393 e. The summed E-state index contributed by atoms with van der Waals surface area (Å²) >= 11 is 0. The first-order chi connectivity index (χ1) is 7.55. The maximum atomic E-state index is 13.6. The van der Waals surface area contributed by atoms with Crippen LogP contribution in [0.25, 0.3) is 0 Å². The molecule has 0 aromatic carbocycles. The van der Waals surface area contributed by atoms with Crippen LogP contribution in [0.1, 0.15) is 58.3 Å². The van der Waals surface area contributed by atoms with E-state index in [9.17, 15) is 9.50 Å². The van der Waals surface area contributed by atoms with Gasteiger partial charge in [0.05, 0.1) is 6.10 Å². The van der Waals surface area contributed by atoms with Gasteiger partial charge in [0.15, 0.2) is 0 Å². The van der Waals surface area contributed by atoms with Gasteiger partial charge in [-0.15, -0.1) is 0 Å². The zero-order valence-corrected chi connectivity index (χ0v) is 10.2. The van der Waals surface area contributed by atoms with Crippen LogP contribution in [-0.2, 0) is 0 Å². The van der Waals surface area contributed by atoms with E-state index in [-0.39, 0.29) is 6.10 Å². The van der Waals surface area contributed by atoms with E-state index in [1.807, 2.05) is 0 Å². The van der Waals surface area contributed by atoms with Gasteiger partial charge in [-0.05, 0) is 58.3 Å². The average Bonchev–Trinajstić information content (AvgIpc) is 2.24. The van der Waals surface area contributed by atoms with Crippen LogP contribution in [0.4, 0.5) is 4.39 Å². The van der Waals surface area contributed by atoms with E-state index in [1.165, 1.54) is 0 Å². The summed E-state index contributed by atoms with van der Waals surface area (Å²) in [4.78, 5) is 0. The van der Waals surface area contributed by atoms with Crippen LogP contribution in [0.3, 0.4) is 0 Å². The Hall–Kier alpha value is -0.150. The summed E-state index contributed by atoms with van der Waals surface area (Å²) in [5.74, 6) is 0. The summed E-state index contributed by atoms with van der Waals surface area (Å²) in [5, 5.41) is 13.1. The van der Waals surface area contributed by atoms with Crippen LogP contribution in [0.5, 0.6) is 0 Å². The quantitative estimate of drug-likeness (QED) is 0.762. The second-order valence-electron chi connectivity index (χ2n) is 5.86. The van der Waals surface area contributed by atoms with Gasteiger partial charge in [0, 0.05) is 12.1 Å². The van der Waals surface area contributed by atoms with Crippen LogP contribution in [0, 0.1) is 0 Å². The summed E-state index contributed by atoms with van der Waals surface area (Å²) in [6.45, 7) is 1.72. The lowest BCUT2D eigenvalue weighted by Gasteiger charge is -2.35. The highest BCUT2D eigenvalue weighted by atomic mass is 19.1. The Morgan fingerprint density at radius 2 is 1.50 bits per heavy atom. The molecule has 3 heteroatoms. The van der Waals surface area contributed by atoms with Crippen molar-refractivity contribution in [2.45, 2.75) is 82.1 Å². The van der Waals surface area contributed by atoms with Gasteiger partial charge in [-0.2, -0.15) is 0 Å². The fraction of sp³-hybridized carbons (Fsp3) is 1.00. The zero-order valence-electron chi connectivity index (χ0n) is 10.2. The van der Waals surface area contributed by atoms with E-state index in [0.29, 0.717) is 24.9 Å². The molecular formula is C13H24FNO. The molecule has 94 valence electrons. The molecule has 2 N–H and O–H groups in total. The van der Waals surface area contributed by atoms with Crippen molar-refractivity contribution in [1.82, 2.24) is 5.32 Å². The van der Waals surface area contributed by atoms with Gasteiger partial charge in [0.1, 0.15) is 5.67 Å². The molecule has 0 aromatic heterocycles. The predicted octanol–water partition coefficient (Wildman–Crippen LogP) is 2.55. The third-order valence-electron chi connectivity index (χ3n) is 4.20. The molecule has 2 saturated carbocycles. The average molecular weight is 229 g/mol. The van der Waals surface area contributed by atoms with E-state index < -0.39 is 5.67 Å². The van der Waals surface area contributed by atoms with Crippen molar-refractivity contribution in [1.29, 1.82) is 0 Å². The second-order valence-corrected chi connectivity index (χ2v) is 5.86.